The summed E-state index contributed by atoms with van der Waals surface area (Å²) in [5, 5.41) is 4.10. The van der Waals surface area contributed by atoms with E-state index in [0.717, 1.165) is 52.6 Å². The molecule has 0 aliphatic heterocycles. The van der Waals surface area contributed by atoms with Crippen LogP contribution in [0.5, 0.6) is 0 Å². The van der Waals surface area contributed by atoms with E-state index >= 15 is 0 Å². The molecule has 0 atom stereocenters. The molecule has 0 unspecified atom stereocenters. The molecule has 1 N–H and O–H groups in total. The highest BCUT2D eigenvalue weighted by atomic mass is 32.1. The summed E-state index contributed by atoms with van der Waals surface area (Å²) in [5.41, 5.74) is 4.24. The Balaban J connectivity index is 1.68. The molecule has 0 radical (unpaired) electrons. The highest BCUT2D eigenvalue weighted by Gasteiger charge is 2.27. The first-order valence-corrected chi connectivity index (χ1v) is 11.7. The van der Waals surface area contributed by atoms with E-state index < -0.39 is 11.6 Å². The lowest BCUT2D eigenvalue weighted by Crippen LogP contribution is -2.14. The maximum absolute atomic E-state index is 13.1. The van der Waals surface area contributed by atoms with Crippen molar-refractivity contribution in [1.29, 1.82) is 0 Å². The van der Waals surface area contributed by atoms with Crippen molar-refractivity contribution in [2.75, 3.05) is 5.32 Å². The molecule has 1 aromatic carbocycles. The van der Waals surface area contributed by atoms with Gasteiger partial charge < -0.3 is 14.5 Å². The van der Waals surface area contributed by atoms with E-state index in [9.17, 15) is 14.4 Å². The first-order chi connectivity index (χ1) is 15.2. The van der Waals surface area contributed by atoms with Crippen molar-refractivity contribution >= 4 is 39.2 Å². The van der Waals surface area contributed by atoms with Crippen molar-refractivity contribution in [2.24, 2.45) is 0 Å². The van der Waals surface area contributed by atoms with Gasteiger partial charge in [0.25, 0.3) is 0 Å². The Bertz CT molecular complexity index is 1270. The van der Waals surface area contributed by atoms with Crippen LogP contribution >= 0.6 is 11.3 Å². The fourth-order valence-electron chi connectivity index (χ4n) is 4.38. The molecule has 1 aliphatic carbocycles. The van der Waals surface area contributed by atoms with E-state index in [0.29, 0.717) is 27.6 Å². The molecule has 0 bridgehead atoms. The third-order valence-electron chi connectivity index (χ3n) is 5.86. The smallest absolute Gasteiger partial charge is 0.341 e. The summed E-state index contributed by atoms with van der Waals surface area (Å²) in [7, 11) is 0. The van der Waals surface area contributed by atoms with Crippen molar-refractivity contribution in [3.8, 4) is 0 Å². The maximum atomic E-state index is 13.1. The highest BCUT2D eigenvalue weighted by Crippen LogP contribution is 2.39. The third-order valence-corrected chi connectivity index (χ3v) is 7.07. The number of ether oxygens (including phenoxy) is 1. The van der Waals surface area contributed by atoms with Crippen LogP contribution in [0.25, 0.3) is 11.0 Å². The van der Waals surface area contributed by atoms with Crippen LogP contribution in [0.15, 0.2) is 27.4 Å². The number of aryl methyl sites for hydroxylation is 2. The number of carbonyl (C=O) groups excluding carboxylic acids is 2. The molecular formula is C25H27NO5S. The first-order valence-electron chi connectivity index (χ1n) is 10.9. The third kappa shape index (κ3) is 4.35. The predicted octanol–water partition coefficient (Wildman–Crippen LogP) is 5.48. The number of carbonyl (C=O) groups is 2. The second-order valence-electron chi connectivity index (χ2n) is 8.62. The maximum Gasteiger partial charge on any atom is 0.341 e. The molecule has 168 valence electrons. The Morgan fingerprint density at radius 3 is 2.66 bits per heavy atom. The van der Waals surface area contributed by atoms with Crippen LogP contribution in [-0.4, -0.2) is 11.9 Å². The summed E-state index contributed by atoms with van der Waals surface area (Å²) >= 11 is 1.45. The molecule has 7 heteroatoms. The normalized spacial score (nSPS) is 13.3. The van der Waals surface area contributed by atoms with Crippen molar-refractivity contribution in [3.05, 3.63) is 61.3 Å². The number of anilines is 1. The zero-order chi connectivity index (χ0) is 23.0. The summed E-state index contributed by atoms with van der Waals surface area (Å²) in [6, 6.07) is 5.25. The average molecular weight is 454 g/mol. The van der Waals surface area contributed by atoms with Crippen LogP contribution in [-0.2, 0) is 29.0 Å². The summed E-state index contributed by atoms with van der Waals surface area (Å²) in [5.74, 6) is -0.397. The van der Waals surface area contributed by atoms with Crippen LogP contribution in [0.1, 0.15) is 77.0 Å². The Hall–Kier alpha value is -2.93. The summed E-state index contributed by atoms with van der Waals surface area (Å²) in [4.78, 5) is 38.1. The lowest BCUT2D eigenvalue weighted by atomic mass is 9.95. The molecule has 2 aromatic heterocycles. The average Bonchev–Trinajstić information content (AvgIpc) is 3.08. The Morgan fingerprint density at radius 1 is 1.19 bits per heavy atom. The zero-order valence-corrected chi connectivity index (χ0v) is 19.6. The van der Waals surface area contributed by atoms with Gasteiger partial charge in [0.15, 0.2) is 0 Å². The van der Waals surface area contributed by atoms with E-state index in [2.05, 4.69) is 19.2 Å². The fourth-order valence-corrected chi connectivity index (χ4v) is 5.70. The van der Waals surface area contributed by atoms with Crippen LogP contribution in [0.2, 0.25) is 0 Å². The lowest BCUT2D eigenvalue weighted by Gasteiger charge is -2.14. The molecule has 1 amide bonds. The molecule has 2 heterocycles. The van der Waals surface area contributed by atoms with E-state index in [1.54, 1.807) is 0 Å². The van der Waals surface area contributed by atoms with Gasteiger partial charge in [0.05, 0.1) is 5.56 Å². The number of nitrogens with one attached hydrogen (secondary N) is 1. The Kier molecular flexibility index (Phi) is 6.20. The predicted molar refractivity (Wildman–Crippen MR) is 126 cm³/mol. The van der Waals surface area contributed by atoms with Gasteiger partial charge in [-0.1, -0.05) is 13.8 Å². The second kappa shape index (κ2) is 8.90. The Morgan fingerprint density at radius 2 is 1.94 bits per heavy atom. The van der Waals surface area contributed by atoms with E-state index in [4.69, 9.17) is 9.15 Å². The molecule has 6 nitrogen and oxygen atoms in total. The molecule has 32 heavy (non-hydrogen) atoms. The molecular weight excluding hydrogens is 426 g/mol. The number of esters is 1. The SMILES string of the molecule is CC(=O)Nc1sc2c(c1C(=O)OCc1cc(=O)oc3cc(C)c(C(C)C)cc13)CCCC2. The van der Waals surface area contributed by atoms with Crippen LogP contribution in [0.4, 0.5) is 5.00 Å². The minimum atomic E-state index is -0.481. The van der Waals surface area contributed by atoms with Crippen LogP contribution < -0.4 is 10.9 Å². The second-order valence-corrected chi connectivity index (χ2v) is 9.73. The van der Waals surface area contributed by atoms with Gasteiger partial charge in [0.2, 0.25) is 5.91 Å². The molecule has 3 aromatic rings. The quantitative estimate of drug-likeness (QED) is 0.408. The molecule has 0 saturated heterocycles. The van der Waals surface area contributed by atoms with Gasteiger partial charge in [-0.15, -0.1) is 11.3 Å². The minimum Gasteiger partial charge on any atom is -0.457 e. The number of hydrogen-bond acceptors (Lipinski definition) is 6. The van der Waals surface area contributed by atoms with Gasteiger partial charge in [-0.2, -0.15) is 0 Å². The van der Waals surface area contributed by atoms with Crippen molar-refractivity contribution in [2.45, 2.75) is 65.9 Å². The number of rotatable bonds is 5. The highest BCUT2D eigenvalue weighted by molar-refractivity contribution is 7.17. The monoisotopic (exact) mass is 453 g/mol. The largest absolute Gasteiger partial charge is 0.457 e. The van der Waals surface area contributed by atoms with Crippen molar-refractivity contribution in [3.63, 3.8) is 0 Å². The number of benzene rings is 1. The van der Waals surface area contributed by atoms with Crippen molar-refractivity contribution < 1.29 is 18.7 Å². The molecule has 0 saturated carbocycles. The number of hydrogen-bond donors (Lipinski definition) is 1. The van der Waals surface area contributed by atoms with Gasteiger partial charge in [0.1, 0.15) is 17.2 Å². The van der Waals surface area contributed by atoms with E-state index in [1.165, 1.54) is 24.3 Å². The number of fused-ring (bicyclic) bond motifs is 2. The topological polar surface area (TPSA) is 85.6 Å². The minimum absolute atomic E-state index is 0.0499. The van der Waals surface area contributed by atoms with Gasteiger partial charge in [-0.05, 0) is 67.3 Å². The number of amides is 1. The van der Waals surface area contributed by atoms with E-state index in [1.807, 2.05) is 19.1 Å². The Labute approximate surface area is 190 Å². The fraction of sp³-hybridized carbons (Fsp3) is 0.400. The first kappa shape index (κ1) is 22.3. The van der Waals surface area contributed by atoms with Gasteiger partial charge >= 0.3 is 11.6 Å². The lowest BCUT2D eigenvalue weighted by molar-refractivity contribution is -0.114. The van der Waals surface area contributed by atoms with Crippen LogP contribution in [0, 0.1) is 6.92 Å². The summed E-state index contributed by atoms with van der Waals surface area (Å²) in [6.07, 6.45) is 3.78. The molecule has 4 rings (SSSR count). The molecule has 1 aliphatic rings. The van der Waals surface area contributed by atoms with Gasteiger partial charge in [-0.25, -0.2) is 9.59 Å². The molecule has 0 spiro atoms. The standard InChI is InChI=1S/C25H27NO5S/c1-13(2)18-11-19-16(10-22(28)31-20(19)9-14(18)3)12-30-25(29)23-17-7-5-6-8-21(17)32-24(23)26-15(4)27/h9-11,13H,5-8,12H2,1-4H3,(H,26,27). The summed E-state index contributed by atoms with van der Waals surface area (Å²) < 4.78 is 11.1. The summed E-state index contributed by atoms with van der Waals surface area (Å²) in [6.45, 7) is 7.58. The zero-order valence-electron chi connectivity index (χ0n) is 18.8. The van der Waals surface area contributed by atoms with Gasteiger partial charge in [0, 0.05) is 28.8 Å². The van der Waals surface area contributed by atoms with Crippen molar-refractivity contribution in [1.82, 2.24) is 0 Å². The van der Waals surface area contributed by atoms with Crippen LogP contribution in [0.3, 0.4) is 0 Å². The molecule has 0 fully saturated rings. The number of thiophene rings is 1. The van der Waals surface area contributed by atoms with E-state index in [-0.39, 0.29) is 12.5 Å². The van der Waals surface area contributed by atoms with Gasteiger partial charge in [-0.3, -0.25) is 4.79 Å².